The van der Waals surface area contributed by atoms with Gasteiger partial charge in [-0.15, -0.1) is 11.3 Å². The molecule has 0 fully saturated rings. The van der Waals surface area contributed by atoms with Crippen LogP contribution in [0.25, 0.3) is 0 Å². The van der Waals surface area contributed by atoms with Crippen molar-refractivity contribution < 1.29 is 4.74 Å². The largest absolute Gasteiger partial charge is 0.493 e. The minimum absolute atomic E-state index is 0.807. The molecule has 0 saturated heterocycles. The lowest BCUT2D eigenvalue weighted by molar-refractivity contribution is 0.352. The van der Waals surface area contributed by atoms with Gasteiger partial charge >= 0.3 is 0 Å². The van der Waals surface area contributed by atoms with E-state index in [0.29, 0.717) is 0 Å². The molecule has 0 radical (unpaired) electrons. The molecular weight excluding hydrogens is 334 g/mol. The van der Waals surface area contributed by atoms with Crippen molar-refractivity contribution in [3.63, 3.8) is 0 Å². The summed E-state index contributed by atoms with van der Waals surface area (Å²) in [7, 11) is 0. The Bertz CT molecular complexity index is 636. The fraction of sp³-hybridized carbons (Fsp3) is 0.375. The molecule has 4 heteroatoms. The zero-order valence-corrected chi connectivity index (χ0v) is 14.2. The highest BCUT2D eigenvalue weighted by molar-refractivity contribution is 9.10. The maximum atomic E-state index is 5.76. The minimum Gasteiger partial charge on any atom is -0.493 e. The van der Waals surface area contributed by atoms with Crippen LogP contribution in [0.5, 0.6) is 5.75 Å². The van der Waals surface area contributed by atoms with Gasteiger partial charge in [0.15, 0.2) is 0 Å². The summed E-state index contributed by atoms with van der Waals surface area (Å²) in [5.74, 6) is 1.08. The predicted molar refractivity (Wildman–Crippen MR) is 87.7 cm³/mol. The average molecular weight is 352 g/mol. The second kappa shape index (κ2) is 5.88. The maximum absolute atomic E-state index is 5.76. The topological polar surface area (TPSA) is 21.3 Å². The van der Waals surface area contributed by atoms with E-state index in [-0.39, 0.29) is 0 Å². The lowest BCUT2D eigenvalue weighted by atomic mass is 10.1. The van der Waals surface area contributed by atoms with Crippen LogP contribution in [0.4, 0.5) is 0 Å². The minimum atomic E-state index is 0.807. The second-order valence-electron chi connectivity index (χ2n) is 5.19. The van der Waals surface area contributed by atoms with Gasteiger partial charge in [-0.2, -0.15) is 0 Å². The van der Waals surface area contributed by atoms with Crippen molar-refractivity contribution in [1.82, 2.24) is 5.32 Å². The molecule has 1 aliphatic heterocycles. The number of halogens is 1. The predicted octanol–water partition coefficient (Wildman–Crippen LogP) is 4.35. The van der Waals surface area contributed by atoms with Crippen LogP contribution in [0.15, 0.2) is 22.7 Å². The van der Waals surface area contributed by atoms with Crippen molar-refractivity contribution in [2.24, 2.45) is 0 Å². The molecule has 0 aliphatic carbocycles. The standard InChI is InChI=1S/C16H18BrNOS/c1-10-5-13(11(2)20-10)8-18-9-14-7-15(17)6-12-3-4-19-16(12)14/h5-7,18H,3-4,8-9H2,1-2H3. The summed E-state index contributed by atoms with van der Waals surface area (Å²) < 4.78 is 6.90. The lowest BCUT2D eigenvalue weighted by Gasteiger charge is -2.10. The number of rotatable bonds is 4. The van der Waals surface area contributed by atoms with E-state index in [0.717, 1.165) is 36.3 Å². The Morgan fingerprint density at radius 3 is 2.75 bits per heavy atom. The number of fused-ring (bicyclic) bond motifs is 1. The number of nitrogens with one attached hydrogen (secondary N) is 1. The van der Waals surface area contributed by atoms with E-state index in [1.165, 1.54) is 26.4 Å². The maximum Gasteiger partial charge on any atom is 0.127 e. The van der Waals surface area contributed by atoms with Gasteiger partial charge < -0.3 is 10.1 Å². The third kappa shape index (κ3) is 2.92. The highest BCUT2D eigenvalue weighted by atomic mass is 79.9. The molecule has 0 unspecified atom stereocenters. The van der Waals surface area contributed by atoms with Gasteiger partial charge in [0.25, 0.3) is 0 Å². The first kappa shape index (κ1) is 14.1. The van der Waals surface area contributed by atoms with E-state index in [4.69, 9.17) is 4.74 Å². The first-order valence-corrected chi connectivity index (χ1v) is 8.45. The molecule has 0 amide bonds. The van der Waals surface area contributed by atoms with Crippen molar-refractivity contribution in [1.29, 1.82) is 0 Å². The van der Waals surface area contributed by atoms with E-state index < -0.39 is 0 Å². The molecule has 1 N–H and O–H groups in total. The Morgan fingerprint density at radius 1 is 1.20 bits per heavy atom. The van der Waals surface area contributed by atoms with Gasteiger partial charge in [-0.1, -0.05) is 15.9 Å². The SMILES string of the molecule is Cc1cc(CNCc2cc(Br)cc3c2OCC3)c(C)s1. The first-order valence-electron chi connectivity index (χ1n) is 6.84. The van der Waals surface area contributed by atoms with Crippen LogP contribution < -0.4 is 10.1 Å². The molecular formula is C16H18BrNOS. The molecule has 1 aromatic carbocycles. The molecule has 3 rings (SSSR count). The van der Waals surface area contributed by atoms with Crippen LogP contribution in [-0.4, -0.2) is 6.61 Å². The summed E-state index contributed by atoms with van der Waals surface area (Å²) in [5.41, 5.74) is 3.97. The molecule has 0 saturated carbocycles. The van der Waals surface area contributed by atoms with Crippen LogP contribution in [0.2, 0.25) is 0 Å². The van der Waals surface area contributed by atoms with Crippen LogP contribution >= 0.6 is 27.3 Å². The van der Waals surface area contributed by atoms with Crippen molar-refractivity contribution in [2.75, 3.05) is 6.61 Å². The number of hydrogen-bond donors (Lipinski definition) is 1. The zero-order valence-electron chi connectivity index (χ0n) is 11.8. The number of ether oxygens (including phenoxy) is 1. The fourth-order valence-corrected chi connectivity index (χ4v) is 4.17. The van der Waals surface area contributed by atoms with Gasteiger partial charge in [0.05, 0.1) is 6.61 Å². The van der Waals surface area contributed by atoms with E-state index >= 15 is 0 Å². The Hall–Kier alpha value is -0.840. The Kier molecular flexibility index (Phi) is 4.15. The van der Waals surface area contributed by atoms with Crippen molar-refractivity contribution in [3.05, 3.63) is 49.1 Å². The van der Waals surface area contributed by atoms with Crippen LogP contribution in [0.1, 0.15) is 26.4 Å². The number of aryl methyl sites for hydroxylation is 2. The summed E-state index contributed by atoms with van der Waals surface area (Å²) in [5, 5.41) is 3.53. The Labute approximate surface area is 132 Å². The van der Waals surface area contributed by atoms with Crippen molar-refractivity contribution in [2.45, 2.75) is 33.4 Å². The van der Waals surface area contributed by atoms with E-state index in [9.17, 15) is 0 Å². The normalized spacial score (nSPS) is 13.3. The smallest absolute Gasteiger partial charge is 0.127 e. The molecule has 0 spiro atoms. The average Bonchev–Trinajstić information content (AvgIpc) is 2.96. The van der Waals surface area contributed by atoms with Crippen molar-refractivity contribution >= 4 is 27.3 Å². The molecule has 106 valence electrons. The summed E-state index contributed by atoms with van der Waals surface area (Å²) in [6.45, 7) is 6.92. The monoisotopic (exact) mass is 351 g/mol. The molecule has 2 nitrogen and oxygen atoms in total. The Balaban J connectivity index is 1.69. The van der Waals surface area contributed by atoms with Gasteiger partial charge in [0.1, 0.15) is 5.75 Å². The van der Waals surface area contributed by atoms with Gasteiger partial charge in [0.2, 0.25) is 0 Å². The number of thiophene rings is 1. The van der Waals surface area contributed by atoms with Crippen molar-refractivity contribution in [3.8, 4) is 5.75 Å². The molecule has 2 heterocycles. The van der Waals surface area contributed by atoms with E-state index in [1.807, 2.05) is 11.3 Å². The highest BCUT2D eigenvalue weighted by Crippen LogP contribution is 2.33. The van der Waals surface area contributed by atoms with Crippen LogP contribution in [0.3, 0.4) is 0 Å². The molecule has 0 bridgehead atoms. The first-order chi connectivity index (χ1) is 9.63. The fourth-order valence-electron chi connectivity index (χ4n) is 2.67. The Morgan fingerprint density at radius 2 is 2.00 bits per heavy atom. The van der Waals surface area contributed by atoms with E-state index in [2.05, 4.69) is 53.3 Å². The van der Waals surface area contributed by atoms with Gasteiger partial charge in [0, 0.05) is 39.3 Å². The summed E-state index contributed by atoms with van der Waals surface area (Å²) >= 11 is 5.45. The molecule has 1 aliphatic rings. The molecule has 0 atom stereocenters. The molecule has 20 heavy (non-hydrogen) atoms. The lowest BCUT2D eigenvalue weighted by Crippen LogP contribution is -2.13. The highest BCUT2D eigenvalue weighted by Gasteiger charge is 2.17. The summed E-state index contributed by atoms with van der Waals surface area (Å²) in [6.07, 6.45) is 1.02. The van der Waals surface area contributed by atoms with Crippen LogP contribution in [0, 0.1) is 13.8 Å². The summed E-state index contributed by atoms with van der Waals surface area (Å²) in [4.78, 5) is 2.79. The van der Waals surface area contributed by atoms with E-state index in [1.54, 1.807) is 0 Å². The third-order valence-corrected chi connectivity index (χ3v) is 5.07. The number of benzene rings is 1. The van der Waals surface area contributed by atoms with Gasteiger partial charge in [-0.05, 0) is 43.2 Å². The van der Waals surface area contributed by atoms with Crippen LogP contribution in [-0.2, 0) is 19.5 Å². The van der Waals surface area contributed by atoms with Gasteiger partial charge in [-0.25, -0.2) is 0 Å². The quantitative estimate of drug-likeness (QED) is 0.883. The summed E-state index contributed by atoms with van der Waals surface area (Å²) in [6, 6.07) is 6.59. The second-order valence-corrected chi connectivity index (χ2v) is 7.57. The third-order valence-electron chi connectivity index (χ3n) is 3.60. The zero-order chi connectivity index (χ0) is 14.1. The van der Waals surface area contributed by atoms with Gasteiger partial charge in [-0.3, -0.25) is 0 Å². The molecule has 1 aromatic heterocycles. The molecule has 2 aromatic rings. The number of hydrogen-bond acceptors (Lipinski definition) is 3.